The highest BCUT2D eigenvalue weighted by molar-refractivity contribution is 7.91. The molecule has 2 rings (SSSR count). The maximum atomic E-state index is 12.8. The van der Waals surface area contributed by atoms with Crippen LogP contribution in [0.4, 0.5) is 0 Å². The van der Waals surface area contributed by atoms with E-state index in [-0.39, 0.29) is 6.04 Å². The molecule has 0 amide bonds. The van der Waals surface area contributed by atoms with Crippen LogP contribution in [0.25, 0.3) is 0 Å². The zero-order valence-electron chi connectivity index (χ0n) is 12.9. The molecule has 0 radical (unpaired) electrons. The number of morpholine rings is 1. The molecule has 1 aliphatic heterocycles. The minimum atomic E-state index is -3.40. The molecule has 1 aromatic heterocycles. The van der Waals surface area contributed by atoms with Crippen LogP contribution >= 0.6 is 11.3 Å². The van der Waals surface area contributed by atoms with Gasteiger partial charge in [-0.05, 0) is 38.4 Å². The van der Waals surface area contributed by atoms with Crippen LogP contribution < -0.4 is 5.32 Å². The third-order valence-corrected chi connectivity index (χ3v) is 7.28. The molecular formula is C14H24N2O3S2. The number of rotatable bonds is 6. The van der Waals surface area contributed by atoms with Gasteiger partial charge in [-0.15, -0.1) is 11.3 Å². The number of hydrogen-bond acceptors (Lipinski definition) is 5. The SMILES string of the molecule is CCCNCc1sc(S(=O)(=O)N2CCOCC2C)cc1C. The zero-order valence-corrected chi connectivity index (χ0v) is 14.5. The summed E-state index contributed by atoms with van der Waals surface area (Å²) in [5, 5.41) is 3.33. The number of sulfonamides is 1. The summed E-state index contributed by atoms with van der Waals surface area (Å²) in [6.45, 7) is 9.03. The first-order chi connectivity index (χ1) is 9.96. The van der Waals surface area contributed by atoms with Crippen LogP contribution in [0.3, 0.4) is 0 Å². The Labute approximate surface area is 131 Å². The van der Waals surface area contributed by atoms with Crippen LogP contribution in [0.15, 0.2) is 10.3 Å². The third kappa shape index (κ3) is 3.84. The summed E-state index contributed by atoms with van der Waals surface area (Å²) < 4.78 is 32.8. The molecule has 21 heavy (non-hydrogen) atoms. The Morgan fingerprint density at radius 2 is 2.29 bits per heavy atom. The first-order valence-electron chi connectivity index (χ1n) is 7.36. The molecule has 0 bridgehead atoms. The second-order valence-electron chi connectivity index (χ2n) is 5.39. The smallest absolute Gasteiger partial charge is 0.252 e. The fourth-order valence-corrected chi connectivity index (χ4v) is 5.64. The van der Waals surface area contributed by atoms with E-state index in [1.165, 1.54) is 11.3 Å². The number of nitrogens with one attached hydrogen (secondary N) is 1. The Hall–Kier alpha value is -0.470. The zero-order chi connectivity index (χ0) is 15.5. The van der Waals surface area contributed by atoms with Crippen molar-refractivity contribution in [3.05, 3.63) is 16.5 Å². The van der Waals surface area contributed by atoms with E-state index in [1.54, 1.807) is 10.4 Å². The molecule has 1 aliphatic rings. The molecule has 0 aromatic carbocycles. The monoisotopic (exact) mass is 332 g/mol. The van der Waals surface area contributed by atoms with Crippen LogP contribution in [0.2, 0.25) is 0 Å². The molecule has 0 aliphatic carbocycles. The van der Waals surface area contributed by atoms with E-state index in [4.69, 9.17) is 4.74 Å². The molecule has 0 saturated carbocycles. The highest BCUT2D eigenvalue weighted by Gasteiger charge is 2.32. The van der Waals surface area contributed by atoms with Crippen LogP contribution in [0.1, 0.15) is 30.7 Å². The van der Waals surface area contributed by atoms with Crippen LogP contribution in [0, 0.1) is 6.92 Å². The van der Waals surface area contributed by atoms with Crippen LogP contribution in [-0.2, 0) is 21.3 Å². The van der Waals surface area contributed by atoms with Gasteiger partial charge in [0, 0.05) is 24.0 Å². The minimum Gasteiger partial charge on any atom is -0.378 e. The topological polar surface area (TPSA) is 58.6 Å². The fraction of sp³-hybridized carbons (Fsp3) is 0.714. The minimum absolute atomic E-state index is 0.104. The molecule has 1 atom stereocenters. The number of ether oxygens (including phenoxy) is 1. The lowest BCUT2D eigenvalue weighted by molar-refractivity contribution is 0.0393. The summed E-state index contributed by atoms with van der Waals surface area (Å²) in [5.41, 5.74) is 1.04. The summed E-state index contributed by atoms with van der Waals surface area (Å²) in [6, 6.07) is 1.69. The van der Waals surface area contributed by atoms with Gasteiger partial charge in [0.15, 0.2) is 0 Å². The molecule has 7 heteroatoms. The van der Waals surface area contributed by atoms with Crippen molar-refractivity contribution < 1.29 is 13.2 Å². The molecule has 2 heterocycles. The highest BCUT2D eigenvalue weighted by Crippen LogP contribution is 2.30. The molecule has 1 N–H and O–H groups in total. The van der Waals surface area contributed by atoms with E-state index >= 15 is 0 Å². The largest absolute Gasteiger partial charge is 0.378 e. The Bertz CT molecular complexity index is 569. The quantitative estimate of drug-likeness (QED) is 0.809. The van der Waals surface area contributed by atoms with Crippen molar-refractivity contribution in [3.8, 4) is 0 Å². The van der Waals surface area contributed by atoms with Gasteiger partial charge in [-0.2, -0.15) is 4.31 Å². The summed E-state index contributed by atoms with van der Waals surface area (Å²) in [7, 11) is -3.40. The summed E-state index contributed by atoms with van der Waals surface area (Å²) in [4.78, 5) is 1.10. The third-order valence-electron chi connectivity index (χ3n) is 3.58. The van der Waals surface area contributed by atoms with Gasteiger partial charge in [0.25, 0.3) is 10.0 Å². The van der Waals surface area contributed by atoms with E-state index in [0.717, 1.165) is 30.0 Å². The number of thiophene rings is 1. The van der Waals surface area contributed by atoms with Gasteiger partial charge in [-0.1, -0.05) is 6.92 Å². The van der Waals surface area contributed by atoms with Gasteiger partial charge < -0.3 is 10.1 Å². The van der Waals surface area contributed by atoms with Gasteiger partial charge in [0.05, 0.1) is 13.2 Å². The van der Waals surface area contributed by atoms with Crippen molar-refractivity contribution in [3.63, 3.8) is 0 Å². The highest BCUT2D eigenvalue weighted by atomic mass is 32.2. The maximum absolute atomic E-state index is 12.8. The van der Waals surface area contributed by atoms with Gasteiger partial charge in [0.1, 0.15) is 4.21 Å². The summed E-state index contributed by atoms with van der Waals surface area (Å²) in [6.07, 6.45) is 1.07. The lowest BCUT2D eigenvalue weighted by Crippen LogP contribution is -2.46. The lowest BCUT2D eigenvalue weighted by Gasteiger charge is -2.31. The molecule has 1 aromatic rings. The van der Waals surface area contributed by atoms with Gasteiger partial charge in [-0.25, -0.2) is 8.42 Å². The van der Waals surface area contributed by atoms with E-state index in [1.807, 2.05) is 13.8 Å². The summed E-state index contributed by atoms with van der Waals surface area (Å²) >= 11 is 1.38. The second-order valence-corrected chi connectivity index (χ2v) is 8.64. The van der Waals surface area contributed by atoms with Crippen molar-refractivity contribution >= 4 is 21.4 Å². The molecule has 1 fully saturated rings. The second kappa shape index (κ2) is 7.19. The van der Waals surface area contributed by atoms with Gasteiger partial charge >= 0.3 is 0 Å². The van der Waals surface area contributed by atoms with E-state index in [9.17, 15) is 8.42 Å². The van der Waals surface area contributed by atoms with E-state index in [2.05, 4.69) is 12.2 Å². The van der Waals surface area contributed by atoms with Crippen LogP contribution in [-0.4, -0.2) is 45.1 Å². The van der Waals surface area contributed by atoms with E-state index < -0.39 is 10.0 Å². The number of nitrogens with zero attached hydrogens (tertiary/aromatic N) is 1. The molecular weight excluding hydrogens is 308 g/mol. The first-order valence-corrected chi connectivity index (χ1v) is 9.62. The van der Waals surface area contributed by atoms with Crippen molar-refractivity contribution in [2.24, 2.45) is 0 Å². The Kier molecular flexibility index (Phi) is 5.79. The molecule has 120 valence electrons. The van der Waals surface area contributed by atoms with E-state index in [0.29, 0.717) is 24.0 Å². The Morgan fingerprint density at radius 1 is 1.52 bits per heavy atom. The van der Waals surface area contributed by atoms with Crippen molar-refractivity contribution in [2.75, 3.05) is 26.3 Å². The standard InChI is InChI=1S/C14H24N2O3S2/c1-4-5-15-9-13-11(2)8-14(20-13)21(17,18)16-6-7-19-10-12(16)3/h8,12,15H,4-7,9-10H2,1-3H3. The molecule has 0 spiro atoms. The fourth-order valence-electron chi connectivity index (χ4n) is 2.35. The Morgan fingerprint density at radius 3 is 2.95 bits per heavy atom. The predicted octanol–water partition coefficient (Wildman–Crippen LogP) is 1.97. The van der Waals surface area contributed by atoms with Crippen LogP contribution in [0.5, 0.6) is 0 Å². The first kappa shape index (κ1) is 16.9. The number of aryl methyl sites for hydroxylation is 1. The van der Waals surface area contributed by atoms with Crippen molar-refractivity contribution in [1.82, 2.24) is 9.62 Å². The van der Waals surface area contributed by atoms with Crippen molar-refractivity contribution in [2.45, 2.75) is 44.0 Å². The average molecular weight is 332 g/mol. The van der Waals surface area contributed by atoms with Gasteiger partial charge in [0.2, 0.25) is 0 Å². The predicted molar refractivity (Wildman–Crippen MR) is 85.2 cm³/mol. The molecule has 1 unspecified atom stereocenters. The Balaban J connectivity index is 2.18. The molecule has 5 nitrogen and oxygen atoms in total. The van der Waals surface area contributed by atoms with Gasteiger partial charge in [-0.3, -0.25) is 0 Å². The normalized spacial score (nSPS) is 20.8. The van der Waals surface area contributed by atoms with Crippen molar-refractivity contribution in [1.29, 1.82) is 0 Å². The number of hydrogen-bond donors (Lipinski definition) is 1. The summed E-state index contributed by atoms with van der Waals surface area (Å²) in [5.74, 6) is 0. The average Bonchev–Trinajstić information content (AvgIpc) is 2.82. The molecule has 1 saturated heterocycles. The lowest BCUT2D eigenvalue weighted by atomic mass is 10.3. The maximum Gasteiger partial charge on any atom is 0.252 e.